The molecule has 1 aliphatic rings. The third-order valence-electron chi connectivity index (χ3n) is 3.53. The van der Waals surface area contributed by atoms with Gasteiger partial charge in [-0.25, -0.2) is 4.68 Å². The Morgan fingerprint density at radius 1 is 1.39 bits per heavy atom. The van der Waals surface area contributed by atoms with Crippen molar-refractivity contribution in [2.24, 2.45) is 0 Å². The highest BCUT2D eigenvalue weighted by Crippen LogP contribution is 2.29. The molecule has 1 N–H and O–H groups in total. The summed E-state index contributed by atoms with van der Waals surface area (Å²) in [5, 5.41) is 11.7. The minimum absolute atomic E-state index is 0.372. The monoisotopic (exact) mass is 242 g/mol. The maximum atomic E-state index is 4.19. The van der Waals surface area contributed by atoms with Crippen molar-refractivity contribution in [2.75, 3.05) is 6.54 Å². The summed E-state index contributed by atoms with van der Waals surface area (Å²) in [4.78, 5) is 0. The SMILES string of the molecule is CCCn1nncc1C1CNCc2ccccc21. The van der Waals surface area contributed by atoms with E-state index in [0.717, 1.165) is 26.1 Å². The number of fused-ring (bicyclic) bond motifs is 1. The highest BCUT2D eigenvalue weighted by Gasteiger charge is 2.24. The molecule has 0 radical (unpaired) electrons. The predicted molar refractivity (Wildman–Crippen MR) is 70.3 cm³/mol. The van der Waals surface area contributed by atoms with Crippen molar-refractivity contribution in [3.63, 3.8) is 0 Å². The van der Waals surface area contributed by atoms with Crippen LogP contribution in [0.25, 0.3) is 0 Å². The molecule has 18 heavy (non-hydrogen) atoms. The minimum Gasteiger partial charge on any atom is -0.312 e. The normalized spacial score (nSPS) is 18.6. The summed E-state index contributed by atoms with van der Waals surface area (Å²) in [6.45, 7) is 5.03. The zero-order valence-corrected chi connectivity index (χ0v) is 10.6. The van der Waals surface area contributed by atoms with Crippen LogP contribution in [-0.2, 0) is 13.1 Å². The lowest BCUT2D eigenvalue weighted by Crippen LogP contribution is -2.30. The first-order valence-corrected chi connectivity index (χ1v) is 6.57. The molecule has 2 heterocycles. The Bertz CT molecular complexity index is 532. The molecule has 1 aromatic heterocycles. The average Bonchev–Trinajstić information content (AvgIpc) is 2.87. The summed E-state index contributed by atoms with van der Waals surface area (Å²) in [6.07, 6.45) is 2.99. The van der Waals surface area contributed by atoms with Crippen LogP contribution in [-0.4, -0.2) is 21.5 Å². The second kappa shape index (κ2) is 4.90. The first kappa shape index (κ1) is 11.4. The van der Waals surface area contributed by atoms with Crippen LogP contribution in [0, 0.1) is 0 Å². The number of aromatic nitrogens is 3. The summed E-state index contributed by atoms with van der Waals surface area (Å²) in [7, 11) is 0. The zero-order valence-electron chi connectivity index (χ0n) is 10.6. The van der Waals surface area contributed by atoms with Gasteiger partial charge in [0.1, 0.15) is 0 Å². The molecule has 0 amide bonds. The number of rotatable bonds is 3. The summed E-state index contributed by atoms with van der Waals surface area (Å²) in [5.41, 5.74) is 4.02. The van der Waals surface area contributed by atoms with E-state index in [1.165, 1.54) is 16.8 Å². The third-order valence-corrected chi connectivity index (χ3v) is 3.53. The van der Waals surface area contributed by atoms with Crippen molar-refractivity contribution in [1.29, 1.82) is 0 Å². The Hall–Kier alpha value is -1.68. The molecule has 0 fully saturated rings. The quantitative estimate of drug-likeness (QED) is 0.894. The Morgan fingerprint density at radius 3 is 3.17 bits per heavy atom. The Morgan fingerprint density at radius 2 is 2.28 bits per heavy atom. The van der Waals surface area contributed by atoms with Crippen LogP contribution in [0.2, 0.25) is 0 Å². The lowest BCUT2D eigenvalue weighted by molar-refractivity contribution is 0.511. The lowest BCUT2D eigenvalue weighted by atomic mass is 9.89. The fraction of sp³-hybridized carbons (Fsp3) is 0.429. The molecular formula is C14H18N4. The van der Waals surface area contributed by atoms with Crippen LogP contribution in [0.4, 0.5) is 0 Å². The highest BCUT2D eigenvalue weighted by atomic mass is 15.4. The van der Waals surface area contributed by atoms with Crippen LogP contribution < -0.4 is 5.32 Å². The van der Waals surface area contributed by atoms with Gasteiger partial charge in [-0.2, -0.15) is 0 Å². The second-order valence-electron chi connectivity index (χ2n) is 4.76. The molecule has 0 saturated heterocycles. The smallest absolute Gasteiger partial charge is 0.0732 e. The fourth-order valence-corrected chi connectivity index (χ4v) is 2.68. The summed E-state index contributed by atoms with van der Waals surface area (Å²) in [6, 6.07) is 8.64. The maximum Gasteiger partial charge on any atom is 0.0732 e. The first-order valence-electron chi connectivity index (χ1n) is 6.57. The number of hydrogen-bond donors (Lipinski definition) is 1. The fourth-order valence-electron chi connectivity index (χ4n) is 2.68. The summed E-state index contributed by atoms with van der Waals surface area (Å²) >= 11 is 0. The standard InChI is InChI=1S/C14H18N4/c1-2-7-18-14(10-16-17-18)13-9-15-8-11-5-3-4-6-12(11)13/h3-6,10,13,15H,2,7-9H2,1H3. The molecule has 0 spiro atoms. The van der Waals surface area contributed by atoms with Crippen molar-refractivity contribution in [3.05, 3.63) is 47.3 Å². The molecule has 94 valence electrons. The molecular weight excluding hydrogens is 224 g/mol. The van der Waals surface area contributed by atoms with Gasteiger partial charge in [-0.3, -0.25) is 0 Å². The Labute approximate surface area is 107 Å². The molecule has 1 aliphatic heterocycles. The average molecular weight is 242 g/mol. The van der Waals surface area contributed by atoms with Gasteiger partial charge in [-0.1, -0.05) is 36.4 Å². The molecule has 1 unspecified atom stereocenters. The maximum absolute atomic E-state index is 4.19. The van der Waals surface area contributed by atoms with E-state index in [2.05, 4.69) is 46.8 Å². The van der Waals surface area contributed by atoms with Crippen molar-refractivity contribution >= 4 is 0 Å². The topological polar surface area (TPSA) is 42.7 Å². The van der Waals surface area contributed by atoms with Crippen LogP contribution in [0.1, 0.15) is 36.1 Å². The molecule has 0 aliphatic carbocycles. The van der Waals surface area contributed by atoms with E-state index in [1.54, 1.807) is 0 Å². The Kier molecular flexibility index (Phi) is 3.11. The second-order valence-corrected chi connectivity index (χ2v) is 4.76. The summed E-state index contributed by atoms with van der Waals surface area (Å²) in [5.74, 6) is 0.372. The van der Waals surface area contributed by atoms with Crippen molar-refractivity contribution in [2.45, 2.75) is 32.4 Å². The van der Waals surface area contributed by atoms with Gasteiger partial charge < -0.3 is 5.32 Å². The molecule has 1 aromatic carbocycles. The highest BCUT2D eigenvalue weighted by molar-refractivity contribution is 5.37. The molecule has 0 bridgehead atoms. The molecule has 4 heteroatoms. The minimum atomic E-state index is 0.372. The largest absolute Gasteiger partial charge is 0.312 e. The molecule has 3 rings (SSSR count). The van der Waals surface area contributed by atoms with Gasteiger partial charge in [0.15, 0.2) is 0 Å². The van der Waals surface area contributed by atoms with Gasteiger partial charge in [0, 0.05) is 25.6 Å². The van der Waals surface area contributed by atoms with Crippen LogP contribution in [0.15, 0.2) is 30.5 Å². The summed E-state index contributed by atoms with van der Waals surface area (Å²) < 4.78 is 2.04. The van der Waals surface area contributed by atoms with Crippen molar-refractivity contribution < 1.29 is 0 Å². The van der Waals surface area contributed by atoms with E-state index < -0.39 is 0 Å². The number of aryl methyl sites for hydroxylation is 1. The van der Waals surface area contributed by atoms with Crippen LogP contribution >= 0.6 is 0 Å². The van der Waals surface area contributed by atoms with Crippen molar-refractivity contribution in [3.8, 4) is 0 Å². The van der Waals surface area contributed by atoms with Crippen molar-refractivity contribution in [1.82, 2.24) is 20.3 Å². The van der Waals surface area contributed by atoms with Crippen LogP contribution in [0.3, 0.4) is 0 Å². The number of nitrogens with one attached hydrogen (secondary N) is 1. The van der Waals surface area contributed by atoms with E-state index >= 15 is 0 Å². The molecule has 4 nitrogen and oxygen atoms in total. The zero-order chi connectivity index (χ0) is 12.4. The van der Waals surface area contributed by atoms with E-state index in [4.69, 9.17) is 0 Å². The van der Waals surface area contributed by atoms with Gasteiger partial charge in [-0.15, -0.1) is 5.10 Å². The predicted octanol–water partition coefficient (Wildman–Crippen LogP) is 1.92. The first-order chi connectivity index (χ1) is 8.90. The van der Waals surface area contributed by atoms with Gasteiger partial charge in [0.25, 0.3) is 0 Å². The number of hydrogen-bond acceptors (Lipinski definition) is 3. The van der Waals surface area contributed by atoms with Gasteiger partial charge >= 0.3 is 0 Å². The Balaban J connectivity index is 2.00. The van der Waals surface area contributed by atoms with E-state index in [1.807, 2.05) is 10.9 Å². The van der Waals surface area contributed by atoms with E-state index in [0.29, 0.717) is 5.92 Å². The number of benzene rings is 1. The van der Waals surface area contributed by atoms with Gasteiger partial charge in [0.05, 0.1) is 11.9 Å². The molecule has 0 saturated carbocycles. The van der Waals surface area contributed by atoms with Gasteiger partial charge in [-0.05, 0) is 17.5 Å². The third kappa shape index (κ3) is 1.93. The van der Waals surface area contributed by atoms with E-state index in [9.17, 15) is 0 Å². The molecule has 2 aromatic rings. The van der Waals surface area contributed by atoms with Crippen LogP contribution in [0.5, 0.6) is 0 Å². The lowest BCUT2D eigenvalue weighted by Gasteiger charge is -2.26. The van der Waals surface area contributed by atoms with Gasteiger partial charge in [0.2, 0.25) is 0 Å². The number of nitrogens with zero attached hydrogens (tertiary/aromatic N) is 3. The molecule has 1 atom stereocenters. The van der Waals surface area contributed by atoms with E-state index in [-0.39, 0.29) is 0 Å².